The summed E-state index contributed by atoms with van der Waals surface area (Å²) in [6.07, 6.45) is 2.73. The lowest BCUT2D eigenvalue weighted by Gasteiger charge is -2.12. The number of amides is 2. The lowest BCUT2D eigenvalue weighted by Crippen LogP contribution is -2.33. The summed E-state index contributed by atoms with van der Waals surface area (Å²) in [5.41, 5.74) is 1.06. The van der Waals surface area contributed by atoms with Crippen molar-refractivity contribution in [3.05, 3.63) is 59.5 Å². The van der Waals surface area contributed by atoms with Crippen LogP contribution in [0.15, 0.2) is 47.3 Å². The maximum absolute atomic E-state index is 12.0. The topological polar surface area (TPSA) is 76.8 Å². The molecule has 3 rings (SSSR count). The zero-order valence-electron chi connectivity index (χ0n) is 10.2. The first-order chi connectivity index (χ1) is 9.66. The van der Waals surface area contributed by atoms with E-state index in [1.807, 2.05) is 0 Å². The van der Waals surface area contributed by atoms with E-state index < -0.39 is 17.8 Å². The van der Waals surface area contributed by atoms with Gasteiger partial charge in [0.05, 0.1) is 30.1 Å². The number of nitrogens with zero attached hydrogens (tertiary/aromatic N) is 1. The number of hydrogen-bond donors (Lipinski definition) is 0. The second-order valence-electron chi connectivity index (χ2n) is 4.22. The summed E-state index contributed by atoms with van der Waals surface area (Å²) in [5, 5.41) is 0.493. The Kier molecular flexibility index (Phi) is 2.83. The number of hydrogen-bond acceptors (Lipinski definition) is 5. The van der Waals surface area contributed by atoms with Gasteiger partial charge in [-0.25, -0.2) is 4.79 Å². The summed E-state index contributed by atoms with van der Waals surface area (Å²) in [7, 11) is 0. The molecule has 1 aromatic heterocycles. The van der Waals surface area contributed by atoms with Crippen LogP contribution >= 0.6 is 0 Å². The summed E-state index contributed by atoms with van der Waals surface area (Å²) in [6.45, 7) is 0. The molecule has 2 aromatic rings. The summed E-state index contributed by atoms with van der Waals surface area (Å²) in [6, 6.07) is 7.91. The van der Waals surface area contributed by atoms with Gasteiger partial charge in [0, 0.05) is 5.56 Å². The van der Waals surface area contributed by atoms with Crippen LogP contribution in [-0.4, -0.2) is 22.8 Å². The van der Waals surface area contributed by atoms with E-state index in [1.165, 1.54) is 24.7 Å². The molecule has 2 amide bonds. The van der Waals surface area contributed by atoms with Gasteiger partial charge in [-0.05, 0) is 18.2 Å². The molecule has 2 heterocycles. The summed E-state index contributed by atoms with van der Waals surface area (Å²) in [4.78, 5) is 40.5. The zero-order chi connectivity index (χ0) is 14.1. The monoisotopic (exact) mass is 271 g/mol. The third-order valence-electron chi connectivity index (χ3n) is 2.88. The average molecular weight is 271 g/mol. The van der Waals surface area contributed by atoms with E-state index in [2.05, 4.69) is 0 Å². The minimum Gasteiger partial charge on any atom is -0.472 e. The molecule has 100 valence electrons. The Morgan fingerprint density at radius 2 is 1.75 bits per heavy atom. The van der Waals surface area contributed by atoms with E-state index in [9.17, 15) is 14.4 Å². The molecule has 6 nitrogen and oxygen atoms in total. The largest absolute Gasteiger partial charge is 0.472 e. The number of fused-ring (bicyclic) bond motifs is 1. The van der Waals surface area contributed by atoms with Gasteiger partial charge in [-0.15, -0.1) is 0 Å². The van der Waals surface area contributed by atoms with Gasteiger partial charge in [0.25, 0.3) is 11.8 Å². The highest BCUT2D eigenvalue weighted by atomic mass is 16.7. The van der Waals surface area contributed by atoms with Gasteiger partial charge in [-0.1, -0.05) is 17.2 Å². The van der Waals surface area contributed by atoms with Gasteiger partial charge in [0.1, 0.15) is 0 Å². The van der Waals surface area contributed by atoms with Crippen LogP contribution in [-0.2, 0) is 16.1 Å². The molecule has 20 heavy (non-hydrogen) atoms. The van der Waals surface area contributed by atoms with Crippen LogP contribution in [0.2, 0.25) is 0 Å². The van der Waals surface area contributed by atoms with Crippen molar-refractivity contribution in [1.82, 2.24) is 5.06 Å². The quantitative estimate of drug-likeness (QED) is 0.792. The van der Waals surface area contributed by atoms with Crippen LogP contribution < -0.4 is 0 Å². The van der Waals surface area contributed by atoms with E-state index in [0.717, 1.165) is 0 Å². The number of carbonyl (C=O) groups excluding carboxylic acids is 3. The van der Waals surface area contributed by atoms with Crippen molar-refractivity contribution in [2.24, 2.45) is 0 Å². The first-order valence-electron chi connectivity index (χ1n) is 5.86. The second kappa shape index (κ2) is 4.65. The van der Waals surface area contributed by atoms with Crippen LogP contribution in [0.5, 0.6) is 0 Å². The molecule has 0 radical (unpaired) electrons. The highest BCUT2D eigenvalue weighted by Gasteiger charge is 2.38. The molecular weight excluding hydrogens is 262 g/mol. The molecule has 0 spiro atoms. The highest BCUT2D eigenvalue weighted by molar-refractivity contribution is 6.20. The predicted molar refractivity (Wildman–Crippen MR) is 65.4 cm³/mol. The van der Waals surface area contributed by atoms with E-state index >= 15 is 0 Å². The van der Waals surface area contributed by atoms with Crippen molar-refractivity contribution in [1.29, 1.82) is 0 Å². The maximum Gasteiger partial charge on any atom is 0.337 e. The Bertz CT molecular complexity index is 654. The molecule has 6 heteroatoms. The summed E-state index contributed by atoms with van der Waals surface area (Å²) >= 11 is 0. The van der Waals surface area contributed by atoms with Crippen LogP contribution in [0.3, 0.4) is 0 Å². The Morgan fingerprint density at radius 1 is 1.10 bits per heavy atom. The van der Waals surface area contributed by atoms with E-state index in [4.69, 9.17) is 9.25 Å². The molecule has 0 saturated carbocycles. The van der Waals surface area contributed by atoms with Crippen LogP contribution in [0.1, 0.15) is 26.3 Å². The molecule has 0 saturated heterocycles. The van der Waals surface area contributed by atoms with Gasteiger partial charge in [0.2, 0.25) is 0 Å². The Balaban J connectivity index is 1.75. The van der Waals surface area contributed by atoms with E-state index in [-0.39, 0.29) is 17.5 Å². The van der Waals surface area contributed by atoms with Crippen molar-refractivity contribution in [3.8, 4) is 0 Å². The zero-order valence-corrected chi connectivity index (χ0v) is 10.2. The van der Waals surface area contributed by atoms with Crippen LogP contribution in [0.25, 0.3) is 0 Å². The number of imide groups is 1. The Hall–Kier alpha value is -2.89. The normalized spacial score (nSPS) is 13.5. The van der Waals surface area contributed by atoms with Gasteiger partial charge in [-0.3, -0.25) is 9.59 Å². The molecule has 1 aliphatic heterocycles. The first-order valence-corrected chi connectivity index (χ1v) is 5.86. The molecule has 0 unspecified atom stereocenters. The molecule has 0 N–H and O–H groups in total. The third-order valence-corrected chi connectivity index (χ3v) is 2.88. The molecule has 0 aliphatic carbocycles. The number of benzene rings is 1. The Morgan fingerprint density at radius 3 is 2.30 bits per heavy atom. The average Bonchev–Trinajstić information content (AvgIpc) is 3.03. The minimum absolute atomic E-state index is 0.0795. The third kappa shape index (κ3) is 1.97. The molecule has 1 aliphatic rings. The lowest BCUT2D eigenvalue weighted by atomic mass is 10.1. The SMILES string of the molecule is O=C(Cc1ccoc1)ON1C(=O)c2ccccc2C1=O. The number of hydroxylamine groups is 2. The van der Waals surface area contributed by atoms with Gasteiger partial charge >= 0.3 is 5.97 Å². The standard InChI is InChI=1S/C14H9NO5/c16-12(7-9-5-6-19-8-9)20-15-13(17)10-3-1-2-4-11(10)14(15)18/h1-6,8H,7H2. The lowest BCUT2D eigenvalue weighted by molar-refractivity contribution is -0.167. The predicted octanol–water partition coefficient (Wildman–Crippen LogP) is 1.58. The van der Waals surface area contributed by atoms with Crippen molar-refractivity contribution in [2.45, 2.75) is 6.42 Å². The van der Waals surface area contributed by atoms with Crippen molar-refractivity contribution >= 4 is 17.8 Å². The van der Waals surface area contributed by atoms with Crippen molar-refractivity contribution < 1.29 is 23.6 Å². The molecule has 1 aromatic carbocycles. The van der Waals surface area contributed by atoms with Gasteiger partial charge < -0.3 is 9.25 Å². The van der Waals surface area contributed by atoms with E-state index in [0.29, 0.717) is 10.6 Å². The number of carbonyl (C=O) groups is 3. The molecule has 0 bridgehead atoms. The smallest absolute Gasteiger partial charge is 0.337 e. The molecule has 0 atom stereocenters. The van der Waals surface area contributed by atoms with Crippen molar-refractivity contribution in [3.63, 3.8) is 0 Å². The summed E-state index contributed by atoms with van der Waals surface area (Å²) < 4.78 is 4.82. The van der Waals surface area contributed by atoms with Gasteiger partial charge in [0.15, 0.2) is 0 Å². The Labute approximate surface area is 113 Å². The van der Waals surface area contributed by atoms with Crippen molar-refractivity contribution in [2.75, 3.05) is 0 Å². The summed E-state index contributed by atoms with van der Waals surface area (Å²) in [5.74, 6) is -1.97. The first kappa shape index (κ1) is 12.2. The van der Waals surface area contributed by atoms with Gasteiger partial charge in [-0.2, -0.15) is 0 Å². The fourth-order valence-corrected chi connectivity index (χ4v) is 1.94. The highest BCUT2D eigenvalue weighted by Crippen LogP contribution is 2.22. The number of rotatable bonds is 3. The molecule has 0 fully saturated rings. The maximum atomic E-state index is 12.0. The van der Waals surface area contributed by atoms with Crippen LogP contribution in [0.4, 0.5) is 0 Å². The second-order valence-corrected chi connectivity index (χ2v) is 4.22. The fraction of sp³-hybridized carbons (Fsp3) is 0.0714. The fourth-order valence-electron chi connectivity index (χ4n) is 1.94. The van der Waals surface area contributed by atoms with Crippen LogP contribution in [0, 0.1) is 0 Å². The van der Waals surface area contributed by atoms with E-state index in [1.54, 1.807) is 18.2 Å². The molecular formula is C14H9NO5. The minimum atomic E-state index is -0.707. The number of furan rings is 1.